The zero-order valence-electron chi connectivity index (χ0n) is 15.4. The Balaban J connectivity index is 2.12. The third-order valence-corrected chi connectivity index (χ3v) is 6.33. The van der Waals surface area contributed by atoms with Gasteiger partial charge in [0.15, 0.2) is 0 Å². The first-order valence-electron chi connectivity index (χ1n) is 8.65. The molecule has 1 atom stereocenters. The zero-order chi connectivity index (χ0) is 18.6. The molecule has 1 unspecified atom stereocenters. The molecule has 1 fully saturated rings. The number of rotatable bonds is 6. The Kier molecular flexibility index (Phi) is 6.46. The largest absolute Gasteiger partial charge is 0.497 e. The second kappa shape index (κ2) is 8.19. The topological polar surface area (TPSA) is 66.9 Å². The average Bonchev–Trinajstić information content (AvgIpc) is 2.60. The number of benzene rings is 1. The summed E-state index contributed by atoms with van der Waals surface area (Å²) < 4.78 is 32.2. The molecule has 1 aromatic rings. The van der Waals surface area contributed by atoms with E-state index in [1.807, 2.05) is 0 Å². The van der Waals surface area contributed by atoms with Gasteiger partial charge in [-0.05, 0) is 43.0 Å². The highest BCUT2D eigenvalue weighted by Gasteiger charge is 2.34. The lowest BCUT2D eigenvalue weighted by Crippen LogP contribution is -2.46. The smallest absolute Gasteiger partial charge is 0.243 e. The number of sulfonamides is 1. The maximum atomic E-state index is 12.9. The summed E-state index contributed by atoms with van der Waals surface area (Å²) >= 11 is 0. The molecule has 7 heteroatoms. The lowest BCUT2D eigenvalue weighted by molar-refractivity contribution is -0.135. The van der Waals surface area contributed by atoms with Crippen molar-refractivity contribution in [1.29, 1.82) is 0 Å². The summed E-state index contributed by atoms with van der Waals surface area (Å²) in [5, 5.41) is 0. The molecular weight excluding hydrogens is 340 g/mol. The van der Waals surface area contributed by atoms with Gasteiger partial charge in [-0.3, -0.25) is 4.79 Å². The lowest BCUT2D eigenvalue weighted by atomic mass is 9.98. The Bertz CT molecular complexity index is 686. The molecule has 1 saturated heterocycles. The number of ether oxygens (including phenoxy) is 1. The van der Waals surface area contributed by atoms with Crippen LogP contribution in [0.15, 0.2) is 29.2 Å². The number of nitrogens with zero attached hydrogens (tertiary/aromatic N) is 2. The van der Waals surface area contributed by atoms with E-state index >= 15 is 0 Å². The molecule has 25 heavy (non-hydrogen) atoms. The zero-order valence-corrected chi connectivity index (χ0v) is 16.3. The minimum Gasteiger partial charge on any atom is -0.497 e. The summed E-state index contributed by atoms with van der Waals surface area (Å²) in [5.74, 6) is 0.756. The third kappa shape index (κ3) is 4.73. The van der Waals surface area contributed by atoms with Gasteiger partial charge in [-0.25, -0.2) is 8.42 Å². The van der Waals surface area contributed by atoms with Gasteiger partial charge in [0.2, 0.25) is 15.9 Å². The molecule has 1 aliphatic rings. The van der Waals surface area contributed by atoms with Gasteiger partial charge >= 0.3 is 0 Å². The Morgan fingerprint density at radius 2 is 1.96 bits per heavy atom. The molecule has 2 rings (SSSR count). The van der Waals surface area contributed by atoms with Crippen molar-refractivity contribution < 1.29 is 17.9 Å². The second-order valence-electron chi connectivity index (χ2n) is 6.99. The molecule has 1 aliphatic heterocycles. The first-order valence-corrected chi connectivity index (χ1v) is 10.1. The maximum Gasteiger partial charge on any atom is 0.243 e. The highest BCUT2D eigenvalue weighted by Crippen LogP contribution is 2.26. The van der Waals surface area contributed by atoms with E-state index in [2.05, 4.69) is 13.8 Å². The van der Waals surface area contributed by atoms with Gasteiger partial charge in [-0.1, -0.05) is 13.8 Å². The van der Waals surface area contributed by atoms with Crippen LogP contribution in [0.2, 0.25) is 0 Å². The Hall–Kier alpha value is -1.60. The van der Waals surface area contributed by atoms with Crippen molar-refractivity contribution in [2.45, 2.75) is 31.6 Å². The highest BCUT2D eigenvalue weighted by molar-refractivity contribution is 7.89. The van der Waals surface area contributed by atoms with Gasteiger partial charge in [0.05, 0.1) is 17.9 Å². The number of carbonyl (C=O) groups excluding carboxylic acids is 1. The van der Waals surface area contributed by atoms with E-state index < -0.39 is 10.0 Å². The van der Waals surface area contributed by atoms with Crippen molar-refractivity contribution >= 4 is 15.9 Å². The molecule has 140 valence electrons. The van der Waals surface area contributed by atoms with E-state index in [0.29, 0.717) is 31.2 Å². The summed E-state index contributed by atoms with van der Waals surface area (Å²) in [6, 6.07) is 6.36. The summed E-state index contributed by atoms with van der Waals surface area (Å²) in [7, 11) is -0.265. The van der Waals surface area contributed by atoms with Crippen LogP contribution in [0.1, 0.15) is 26.7 Å². The van der Waals surface area contributed by atoms with Gasteiger partial charge < -0.3 is 9.64 Å². The van der Waals surface area contributed by atoms with Crippen LogP contribution in [0.3, 0.4) is 0 Å². The molecule has 1 heterocycles. The average molecular weight is 368 g/mol. The molecule has 0 N–H and O–H groups in total. The molecule has 0 spiro atoms. The number of hydrogen-bond donors (Lipinski definition) is 0. The van der Waals surface area contributed by atoms with Crippen molar-refractivity contribution in [3.05, 3.63) is 24.3 Å². The molecule has 0 aliphatic carbocycles. The molecule has 0 radical (unpaired) electrons. The van der Waals surface area contributed by atoms with E-state index in [-0.39, 0.29) is 23.3 Å². The predicted octanol–water partition coefficient (Wildman–Crippen LogP) is 2.21. The van der Waals surface area contributed by atoms with Gasteiger partial charge in [0, 0.05) is 26.7 Å². The minimum absolute atomic E-state index is 0.0309. The van der Waals surface area contributed by atoms with Crippen molar-refractivity contribution in [3.8, 4) is 5.75 Å². The Morgan fingerprint density at radius 1 is 1.32 bits per heavy atom. The van der Waals surface area contributed by atoms with E-state index in [9.17, 15) is 13.2 Å². The van der Waals surface area contributed by atoms with Gasteiger partial charge in [0.25, 0.3) is 0 Å². The fraction of sp³-hybridized carbons (Fsp3) is 0.611. The van der Waals surface area contributed by atoms with E-state index in [0.717, 1.165) is 6.42 Å². The number of carbonyl (C=O) groups is 1. The first-order chi connectivity index (χ1) is 11.8. The monoisotopic (exact) mass is 368 g/mol. The number of methoxy groups -OCH3 is 1. The van der Waals surface area contributed by atoms with E-state index in [1.165, 1.54) is 11.4 Å². The van der Waals surface area contributed by atoms with E-state index in [1.54, 1.807) is 36.2 Å². The lowest BCUT2D eigenvalue weighted by Gasteiger charge is -2.33. The molecule has 0 saturated carbocycles. The van der Waals surface area contributed by atoms with Crippen LogP contribution in [0, 0.1) is 11.8 Å². The SMILES string of the molecule is COc1ccc(S(=O)(=O)N2CCCC(C(=O)N(C)CC(C)C)C2)cc1. The molecule has 6 nitrogen and oxygen atoms in total. The molecule has 0 aromatic heterocycles. The summed E-state index contributed by atoms with van der Waals surface area (Å²) in [4.78, 5) is 14.6. The van der Waals surface area contributed by atoms with Crippen molar-refractivity contribution in [2.75, 3.05) is 33.8 Å². The third-order valence-electron chi connectivity index (χ3n) is 4.45. The van der Waals surface area contributed by atoms with Crippen LogP contribution in [0.4, 0.5) is 0 Å². The van der Waals surface area contributed by atoms with Gasteiger partial charge in [-0.2, -0.15) is 4.31 Å². The Morgan fingerprint density at radius 3 is 2.52 bits per heavy atom. The fourth-order valence-electron chi connectivity index (χ4n) is 3.21. The number of amides is 1. The predicted molar refractivity (Wildman–Crippen MR) is 97.0 cm³/mol. The first kappa shape index (κ1) is 19.7. The van der Waals surface area contributed by atoms with Crippen molar-refractivity contribution in [2.24, 2.45) is 11.8 Å². The van der Waals surface area contributed by atoms with Gasteiger partial charge in [0.1, 0.15) is 5.75 Å². The van der Waals surface area contributed by atoms with Crippen LogP contribution >= 0.6 is 0 Å². The van der Waals surface area contributed by atoms with E-state index in [4.69, 9.17) is 4.74 Å². The van der Waals surface area contributed by atoms with Gasteiger partial charge in [-0.15, -0.1) is 0 Å². The summed E-state index contributed by atoms with van der Waals surface area (Å²) in [6.07, 6.45) is 1.43. The standard InChI is InChI=1S/C18H28N2O4S/c1-14(2)12-19(3)18(21)15-6-5-11-20(13-15)25(22,23)17-9-7-16(24-4)8-10-17/h7-10,14-15H,5-6,11-13H2,1-4H3. The molecule has 0 bridgehead atoms. The highest BCUT2D eigenvalue weighted by atomic mass is 32.2. The quantitative estimate of drug-likeness (QED) is 0.772. The number of piperidine rings is 1. The second-order valence-corrected chi connectivity index (χ2v) is 8.93. The normalized spacial score (nSPS) is 19.0. The van der Waals surface area contributed by atoms with Crippen LogP contribution in [-0.4, -0.2) is 57.3 Å². The Labute approximate surface area is 150 Å². The maximum absolute atomic E-state index is 12.9. The van der Waals surface area contributed by atoms with Crippen LogP contribution < -0.4 is 4.74 Å². The minimum atomic E-state index is -3.60. The molecule has 1 amide bonds. The van der Waals surface area contributed by atoms with Crippen molar-refractivity contribution in [1.82, 2.24) is 9.21 Å². The van der Waals surface area contributed by atoms with Crippen molar-refractivity contribution in [3.63, 3.8) is 0 Å². The van der Waals surface area contributed by atoms with Crippen LogP contribution in [-0.2, 0) is 14.8 Å². The van der Waals surface area contributed by atoms with Crippen LogP contribution in [0.5, 0.6) is 5.75 Å². The summed E-state index contributed by atoms with van der Waals surface area (Å²) in [5.41, 5.74) is 0. The fourth-order valence-corrected chi connectivity index (χ4v) is 4.73. The molecular formula is C18H28N2O4S. The summed E-state index contributed by atoms with van der Waals surface area (Å²) in [6.45, 7) is 5.50. The number of hydrogen-bond acceptors (Lipinski definition) is 4. The van der Waals surface area contributed by atoms with Crippen LogP contribution in [0.25, 0.3) is 0 Å². The molecule has 1 aromatic carbocycles.